The topological polar surface area (TPSA) is 273 Å². The first-order chi connectivity index (χ1) is 19.8. The fourth-order valence-electron chi connectivity index (χ4n) is 5.12. The predicted molar refractivity (Wildman–Crippen MR) is 133 cm³/mol. The summed E-state index contributed by atoms with van der Waals surface area (Å²) >= 11 is 0. The first-order valence-electron chi connectivity index (χ1n) is 12.6. The summed E-state index contributed by atoms with van der Waals surface area (Å²) in [5.41, 5.74) is -2.07. The molecule has 0 spiro atoms. The number of amides is 3. The number of nitrogens with zero attached hydrogens (tertiary/aromatic N) is 2. The Balaban J connectivity index is 1.38. The van der Waals surface area contributed by atoms with Crippen LogP contribution >= 0.6 is 0 Å². The molecule has 0 bridgehead atoms. The van der Waals surface area contributed by atoms with Crippen LogP contribution in [0.4, 0.5) is 10.1 Å². The third kappa shape index (κ3) is 4.74. The van der Waals surface area contributed by atoms with E-state index in [1.165, 1.54) is 24.3 Å². The van der Waals surface area contributed by atoms with E-state index in [2.05, 4.69) is 10.1 Å². The van der Waals surface area contributed by atoms with E-state index >= 15 is 4.39 Å². The third-order valence-electron chi connectivity index (χ3n) is 7.60. The van der Waals surface area contributed by atoms with E-state index in [0.717, 1.165) is 11.0 Å². The number of morpholine rings is 1. The Bertz CT molecular complexity index is 1490. The van der Waals surface area contributed by atoms with Crippen molar-refractivity contribution in [1.29, 1.82) is 0 Å². The third-order valence-corrected chi connectivity index (χ3v) is 7.60. The van der Waals surface area contributed by atoms with Gasteiger partial charge in [-0.05, 0) is 12.1 Å². The number of halogens is 1. The van der Waals surface area contributed by atoms with Crippen LogP contribution in [-0.4, -0.2) is 103 Å². The number of ether oxygens (including phenoxy) is 1. The van der Waals surface area contributed by atoms with Crippen molar-refractivity contribution in [3.8, 4) is 0 Å². The Morgan fingerprint density at radius 3 is 2.12 bits per heavy atom. The lowest BCUT2D eigenvalue weighted by Gasteiger charge is -2.55. The van der Waals surface area contributed by atoms with Crippen LogP contribution in [-0.2, 0) is 34.0 Å². The number of carbonyl (C=O) groups is 3. The standard InChI is InChI=1S/C25H27FN4O13/c26-18-12(3-1-4-13(18)10-30-22(35,36)24(39,40)43-25(41,42)23(30,37)38)9-27-16-6-2-5-14-15(16)11-29(19(14)32)21(34)8-7-17(31)28-20(21)33/h1-6,27,34-42H,7-11H2,(H,28,31,33). The summed E-state index contributed by atoms with van der Waals surface area (Å²) in [7, 11) is 0. The van der Waals surface area contributed by atoms with Crippen LogP contribution in [0.25, 0.3) is 0 Å². The van der Waals surface area contributed by atoms with E-state index in [9.17, 15) is 60.3 Å². The highest BCUT2D eigenvalue weighted by Crippen LogP contribution is 2.42. The zero-order valence-electron chi connectivity index (χ0n) is 21.9. The van der Waals surface area contributed by atoms with Gasteiger partial charge in [0.15, 0.2) is 0 Å². The van der Waals surface area contributed by atoms with Gasteiger partial charge in [-0.25, -0.2) is 4.39 Å². The van der Waals surface area contributed by atoms with Crippen LogP contribution in [0.2, 0.25) is 0 Å². The Morgan fingerprint density at radius 2 is 1.49 bits per heavy atom. The van der Waals surface area contributed by atoms with E-state index < -0.39 is 70.0 Å². The van der Waals surface area contributed by atoms with Crippen molar-refractivity contribution < 1.29 is 69.5 Å². The molecule has 2 aromatic rings. The molecule has 2 saturated heterocycles. The highest BCUT2D eigenvalue weighted by atomic mass is 19.1. The molecule has 2 fully saturated rings. The number of fused-ring (bicyclic) bond motifs is 1. The summed E-state index contributed by atoms with van der Waals surface area (Å²) in [6.45, 7) is -1.76. The maximum atomic E-state index is 15.5. The molecule has 0 saturated carbocycles. The molecule has 0 radical (unpaired) electrons. The Labute approximate surface area is 240 Å². The van der Waals surface area contributed by atoms with Gasteiger partial charge in [0.2, 0.25) is 11.6 Å². The quantitative estimate of drug-likeness (QED) is 0.110. The van der Waals surface area contributed by atoms with Crippen LogP contribution in [0.5, 0.6) is 0 Å². The van der Waals surface area contributed by atoms with Gasteiger partial charge in [0.05, 0.1) is 6.54 Å². The Morgan fingerprint density at radius 1 is 0.884 bits per heavy atom. The smallest absolute Gasteiger partial charge is 0.356 e. The van der Waals surface area contributed by atoms with Crippen molar-refractivity contribution in [3.05, 3.63) is 64.5 Å². The minimum atomic E-state index is -4.19. The minimum Gasteiger partial charge on any atom is -0.381 e. The monoisotopic (exact) mass is 610 g/mol. The zero-order chi connectivity index (χ0) is 31.8. The molecule has 3 aliphatic rings. The van der Waals surface area contributed by atoms with Gasteiger partial charge in [0, 0.05) is 53.9 Å². The second kappa shape index (κ2) is 9.94. The number of aliphatic hydroxyl groups is 9. The van der Waals surface area contributed by atoms with Crippen molar-refractivity contribution in [2.24, 2.45) is 0 Å². The summed E-state index contributed by atoms with van der Waals surface area (Å²) < 4.78 is 19.3. The van der Waals surface area contributed by atoms with Gasteiger partial charge in [0.1, 0.15) is 5.82 Å². The average molecular weight is 611 g/mol. The summed E-state index contributed by atoms with van der Waals surface area (Å²) in [6, 6.07) is 8.11. The molecule has 3 aliphatic heterocycles. The molecule has 3 amide bonds. The van der Waals surface area contributed by atoms with Crippen molar-refractivity contribution in [3.63, 3.8) is 0 Å². The lowest BCUT2D eigenvalue weighted by Crippen LogP contribution is -2.83. The number of hydrogen-bond acceptors (Lipinski definition) is 15. The normalized spacial score (nSPS) is 25.8. The lowest BCUT2D eigenvalue weighted by atomic mass is 10.00. The van der Waals surface area contributed by atoms with Crippen LogP contribution in [0.15, 0.2) is 36.4 Å². The largest absolute Gasteiger partial charge is 0.381 e. The Hall–Kier alpha value is -3.66. The predicted octanol–water partition coefficient (Wildman–Crippen LogP) is -4.10. The Kier molecular flexibility index (Phi) is 7.12. The molecule has 43 heavy (non-hydrogen) atoms. The number of rotatable bonds is 6. The van der Waals surface area contributed by atoms with E-state index in [4.69, 9.17) is 0 Å². The number of piperidine rings is 1. The van der Waals surface area contributed by atoms with E-state index in [0.29, 0.717) is 11.3 Å². The van der Waals surface area contributed by atoms with Crippen molar-refractivity contribution >= 4 is 23.4 Å². The van der Waals surface area contributed by atoms with Gasteiger partial charge in [-0.1, -0.05) is 24.3 Å². The first kappa shape index (κ1) is 30.8. The van der Waals surface area contributed by atoms with Crippen LogP contribution in [0.1, 0.15) is 39.9 Å². The number of imide groups is 1. The molecule has 3 heterocycles. The molecule has 0 aliphatic carbocycles. The number of nitrogens with one attached hydrogen (secondary N) is 2. The maximum Gasteiger partial charge on any atom is 0.356 e. The highest BCUT2D eigenvalue weighted by Gasteiger charge is 2.74. The number of benzene rings is 2. The molecule has 17 nitrogen and oxygen atoms in total. The van der Waals surface area contributed by atoms with Crippen LogP contribution in [0, 0.1) is 5.82 Å². The number of carbonyl (C=O) groups excluding carboxylic acids is 3. The van der Waals surface area contributed by atoms with Crippen LogP contribution in [0.3, 0.4) is 0 Å². The van der Waals surface area contributed by atoms with Crippen molar-refractivity contribution in [2.45, 2.75) is 62.0 Å². The first-order valence-corrected chi connectivity index (χ1v) is 12.6. The fourth-order valence-corrected chi connectivity index (χ4v) is 5.12. The molecular weight excluding hydrogens is 583 g/mol. The van der Waals surface area contributed by atoms with Crippen molar-refractivity contribution in [1.82, 2.24) is 15.1 Å². The van der Waals surface area contributed by atoms with Gasteiger partial charge in [0.25, 0.3) is 11.8 Å². The van der Waals surface area contributed by atoms with Crippen molar-refractivity contribution in [2.75, 3.05) is 5.32 Å². The highest BCUT2D eigenvalue weighted by molar-refractivity contribution is 6.07. The molecule has 11 N–H and O–H groups in total. The summed E-state index contributed by atoms with van der Waals surface area (Å²) in [6.07, 6.45) is -0.501. The van der Waals surface area contributed by atoms with Gasteiger partial charge in [-0.15, -0.1) is 0 Å². The number of anilines is 1. The molecule has 232 valence electrons. The molecule has 2 aromatic carbocycles. The average Bonchev–Trinajstić information content (AvgIpc) is 3.25. The second-order valence-electron chi connectivity index (χ2n) is 10.3. The van der Waals surface area contributed by atoms with Gasteiger partial charge >= 0.3 is 23.8 Å². The SMILES string of the molecule is O=C1CCC(O)(N2Cc3c(NCc4cccc(CN5C(O)(O)C(O)(O)OC(O)(O)C5(O)O)c4F)cccc3C2=O)C(=O)N1. The molecule has 1 atom stereocenters. The maximum absolute atomic E-state index is 15.5. The summed E-state index contributed by atoms with van der Waals surface area (Å²) in [4.78, 5) is 37.5. The summed E-state index contributed by atoms with van der Waals surface area (Å²) in [5.74, 6) is -20.0. The molecule has 1 unspecified atom stereocenters. The van der Waals surface area contributed by atoms with Gasteiger partial charge < -0.3 is 51.3 Å². The number of hydrogen-bond donors (Lipinski definition) is 11. The van der Waals surface area contributed by atoms with Gasteiger partial charge in [-0.3, -0.25) is 29.3 Å². The zero-order valence-corrected chi connectivity index (χ0v) is 21.9. The molecule has 0 aromatic heterocycles. The minimum absolute atomic E-state index is 0.102. The van der Waals surface area contributed by atoms with E-state index in [1.54, 1.807) is 6.07 Å². The summed E-state index contributed by atoms with van der Waals surface area (Å²) in [5, 5.41) is 95.6. The molecular formula is C25H27FN4O13. The van der Waals surface area contributed by atoms with Gasteiger partial charge in [-0.2, -0.15) is 4.90 Å². The lowest BCUT2D eigenvalue weighted by molar-refractivity contribution is -0.659. The molecule has 18 heteroatoms. The molecule has 5 rings (SSSR count). The van der Waals surface area contributed by atoms with Crippen LogP contribution < -0.4 is 10.6 Å². The van der Waals surface area contributed by atoms with E-state index in [-0.39, 0.29) is 37.1 Å². The fraction of sp³-hybridized carbons (Fsp3) is 0.400. The second-order valence-corrected chi connectivity index (χ2v) is 10.3. The van der Waals surface area contributed by atoms with E-state index in [1.807, 2.05) is 5.32 Å².